The van der Waals surface area contributed by atoms with E-state index in [0.29, 0.717) is 11.9 Å². The van der Waals surface area contributed by atoms with Crippen LogP contribution in [0.4, 0.5) is 11.9 Å². The Morgan fingerprint density at radius 1 is 1.14 bits per heavy atom. The van der Waals surface area contributed by atoms with E-state index < -0.39 is 0 Å². The van der Waals surface area contributed by atoms with Crippen LogP contribution < -0.4 is 15.4 Å². The van der Waals surface area contributed by atoms with Crippen LogP contribution in [0.1, 0.15) is 45.4 Å². The molecule has 0 aliphatic heterocycles. The molecule has 1 aromatic heterocycles. The number of hydrogen-bond donors (Lipinski definition) is 3. The molecule has 1 heterocycles. The average molecular weight is 295 g/mol. The van der Waals surface area contributed by atoms with Gasteiger partial charge in [-0.3, -0.25) is 0 Å². The van der Waals surface area contributed by atoms with E-state index >= 15 is 0 Å². The summed E-state index contributed by atoms with van der Waals surface area (Å²) >= 11 is 0. The minimum atomic E-state index is -0.359. The standard InChI is InChI=1S/C14H25N5O2/c1-3-9-15-12-17-13(19-14(18-12)21-2)16-10-7-5-4-6-8-11(10)20/h10-11,20H,3-9H2,1-2H3,(H2,15,16,17,18,19). The first-order chi connectivity index (χ1) is 10.2. The van der Waals surface area contributed by atoms with Crippen LogP contribution in [0.15, 0.2) is 0 Å². The smallest absolute Gasteiger partial charge is 0.322 e. The molecular formula is C14H25N5O2. The first-order valence-electron chi connectivity index (χ1n) is 7.71. The molecule has 7 nitrogen and oxygen atoms in total. The first kappa shape index (κ1) is 15.8. The average Bonchev–Trinajstić information content (AvgIpc) is 2.70. The Balaban J connectivity index is 2.09. The van der Waals surface area contributed by atoms with Crippen molar-refractivity contribution >= 4 is 11.9 Å². The number of rotatable bonds is 6. The zero-order valence-corrected chi connectivity index (χ0v) is 12.8. The van der Waals surface area contributed by atoms with Gasteiger partial charge in [0.1, 0.15) is 0 Å². The van der Waals surface area contributed by atoms with Gasteiger partial charge in [0.25, 0.3) is 0 Å². The lowest BCUT2D eigenvalue weighted by Gasteiger charge is -2.21. The third-order valence-corrected chi connectivity index (χ3v) is 3.62. The molecule has 3 N–H and O–H groups in total. The van der Waals surface area contributed by atoms with Crippen LogP contribution in [0.3, 0.4) is 0 Å². The lowest BCUT2D eigenvalue weighted by atomic mass is 10.1. The Bertz CT molecular complexity index is 443. The molecule has 2 unspecified atom stereocenters. The molecule has 1 aliphatic carbocycles. The molecule has 2 atom stereocenters. The minimum absolute atomic E-state index is 0.0152. The van der Waals surface area contributed by atoms with Crippen LogP contribution in [0.5, 0.6) is 6.01 Å². The molecule has 2 rings (SSSR count). The second kappa shape index (κ2) is 7.97. The Morgan fingerprint density at radius 2 is 1.90 bits per heavy atom. The zero-order chi connectivity index (χ0) is 15.1. The highest BCUT2D eigenvalue weighted by atomic mass is 16.5. The Hall–Kier alpha value is -1.63. The predicted octanol–water partition coefficient (Wildman–Crippen LogP) is 1.81. The van der Waals surface area contributed by atoms with Crippen molar-refractivity contribution in [3.05, 3.63) is 0 Å². The molecule has 0 aromatic carbocycles. The van der Waals surface area contributed by atoms with E-state index in [4.69, 9.17) is 4.74 Å². The molecule has 0 radical (unpaired) electrons. The molecule has 1 fully saturated rings. The highest BCUT2D eigenvalue weighted by molar-refractivity contribution is 5.36. The van der Waals surface area contributed by atoms with Gasteiger partial charge in [0, 0.05) is 6.54 Å². The number of methoxy groups -OCH3 is 1. The topological polar surface area (TPSA) is 92.2 Å². The third kappa shape index (κ3) is 4.70. The van der Waals surface area contributed by atoms with Crippen molar-refractivity contribution in [2.75, 3.05) is 24.3 Å². The first-order valence-corrected chi connectivity index (χ1v) is 7.71. The van der Waals surface area contributed by atoms with Crippen molar-refractivity contribution in [2.24, 2.45) is 0 Å². The number of ether oxygens (including phenoxy) is 1. The molecule has 118 valence electrons. The summed E-state index contributed by atoms with van der Waals surface area (Å²) < 4.78 is 5.11. The van der Waals surface area contributed by atoms with Crippen LogP contribution in [-0.4, -0.2) is 45.9 Å². The van der Waals surface area contributed by atoms with Gasteiger partial charge in [-0.05, 0) is 19.3 Å². The molecule has 0 bridgehead atoms. The van der Waals surface area contributed by atoms with Gasteiger partial charge in [0.05, 0.1) is 19.3 Å². The van der Waals surface area contributed by atoms with Gasteiger partial charge >= 0.3 is 6.01 Å². The summed E-state index contributed by atoms with van der Waals surface area (Å²) in [6, 6.07) is 0.257. The molecule has 0 saturated heterocycles. The van der Waals surface area contributed by atoms with Gasteiger partial charge in [-0.1, -0.05) is 26.2 Å². The van der Waals surface area contributed by atoms with Gasteiger partial charge < -0.3 is 20.5 Å². The lowest BCUT2D eigenvalue weighted by molar-refractivity contribution is 0.144. The summed E-state index contributed by atoms with van der Waals surface area (Å²) in [6.45, 7) is 2.87. The van der Waals surface area contributed by atoms with Crippen molar-refractivity contribution in [1.82, 2.24) is 15.0 Å². The van der Waals surface area contributed by atoms with E-state index in [9.17, 15) is 5.11 Å². The van der Waals surface area contributed by atoms with Crippen molar-refractivity contribution in [3.8, 4) is 6.01 Å². The highest BCUT2D eigenvalue weighted by Gasteiger charge is 2.22. The molecule has 7 heteroatoms. The van der Waals surface area contributed by atoms with Gasteiger partial charge in [0.2, 0.25) is 11.9 Å². The number of nitrogens with one attached hydrogen (secondary N) is 2. The van der Waals surface area contributed by atoms with Gasteiger partial charge in [-0.15, -0.1) is 0 Å². The van der Waals surface area contributed by atoms with Crippen LogP contribution in [0.25, 0.3) is 0 Å². The number of aliphatic hydroxyl groups is 1. The van der Waals surface area contributed by atoms with E-state index in [0.717, 1.165) is 38.6 Å². The molecule has 0 amide bonds. The number of hydrogen-bond acceptors (Lipinski definition) is 7. The maximum atomic E-state index is 10.2. The van der Waals surface area contributed by atoms with E-state index in [1.54, 1.807) is 0 Å². The molecular weight excluding hydrogens is 270 g/mol. The third-order valence-electron chi connectivity index (χ3n) is 3.62. The number of nitrogens with zero attached hydrogens (tertiary/aromatic N) is 3. The van der Waals surface area contributed by atoms with Crippen molar-refractivity contribution in [3.63, 3.8) is 0 Å². The van der Waals surface area contributed by atoms with E-state index in [-0.39, 0.29) is 18.2 Å². The van der Waals surface area contributed by atoms with Crippen LogP contribution in [-0.2, 0) is 0 Å². The van der Waals surface area contributed by atoms with E-state index in [1.807, 2.05) is 0 Å². The van der Waals surface area contributed by atoms with Crippen molar-refractivity contribution < 1.29 is 9.84 Å². The normalized spacial score (nSPS) is 22.4. The quantitative estimate of drug-likeness (QED) is 0.689. The summed E-state index contributed by atoms with van der Waals surface area (Å²) in [7, 11) is 1.53. The maximum Gasteiger partial charge on any atom is 0.322 e. The van der Waals surface area contributed by atoms with Gasteiger partial charge in [-0.25, -0.2) is 0 Å². The summed E-state index contributed by atoms with van der Waals surface area (Å²) in [5.74, 6) is 0.945. The summed E-state index contributed by atoms with van der Waals surface area (Å²) in [5, 5.41) is 16.5. The largest absolute Gasteiger partial charge is 0.467 e. The molecule has 1 saturated carbocycles. The van der Waals surface area contributed by atoms with Crippen molar-refractivity contribution in [1.29, 1.82) is 0 Å². The summed E-state index contributed by atoms with van der Waals surface area (Å²) in [5.41, 5.74) is 0. The van der Waals surface area contributed by atoms with Crippen LogP contribution in [0.2, 0.25) is 0 Å². The fourth-order valence-electron chi connectivity index (χ4n) is 2.45. The SMILES string of the molecule is CCCNc1nc(NC2CCCCCC2O)nc(OC)n1. The minimum Gasteiger partial charge on any atom is -0.467 e. The summed E-state index contributed by atoms with van der Waals surface area (Å²) in [6.07, 6.45) is 5.72. The molecule has 1 aromatic rings. The number of aliphatic hydroxyl groups excluding tert-OH is 1. The lowest BCUT2D eigenvalue weighted by Crippen LogP contribution is -2.33. The fraction of sp³-hybridized carbons (Fsp3) is 0.786. The van der Waals surface area contributed by atoms with Crippen LogP contribution >= 0.6 is 0 Å². The monoisotopic (exact) mass is 295 g/mol. The Kier molecular flexibility index (Phi) is 5.98. The van der Waals surface area contributed by atoms with Gasteiger partial charge in [0.15, 0.2) is 0 Å². The maximum absolute atomic E-state index is 10.2. The number of anilines is 2. The van der Waals surface area contributed by atoms with E-state index in [1.165, 1.54) is 13.5 Å². The molecule has 21 heavy (non-hydrogen) atoms. The van der Waals surface area contributed by atoms with E-state index in [2.05, 4.69) is 32.5 Å². The zero-order valence-electron chi connectivity index (χ0n) is 12.8. The van der Waals surface area contributed by atoms with Crippen molar-refractivity contribution in [2.45, 2.75) is 57.6 Å². The predicted molar refractivity (Wildman–Crippen MR) is 81.7 cm³/mol. The molecule has 0 spiro atoms. The highest BCUT2D eigenvalue weighted by Crippen LogP contribution is 2.21. The second-order valence-corrected chi connectivity index (χ2v) is 5.35. The second-order valence-electron chi connectivity index (χ2n) is 5.35. The fourth-order valence-corrected chi connectivity index (χ4v) is 2.45. The summed E-state index contributed by atoms with van der Waals surface area (Å²) in [4.78, 5) is 12.7. The van der Waals surface area contributed by atoms with Gasteiger partial charge in [-0.2, -0.15) is 15.0 Å². The van der Waals surface area contributed by atoms with Crippen LogP contribution in [0, 0.1) is 0 Å². The Morgan fingerprint density at radius 3 is 2.67 bits per heavy atom. The molecule has 1 aliphatic rings. The Labute approximate surface area is 125 Å². The number of aromatic nitrogens is 3.